The maximum atomic E-state index is 13.2. The molecule has 1 heterocycles. The SMILES string of the molecule is Nc1ccc(F)cc1SCc1nc2ccccc2s1. The summed E-state index contributed by atoms with van der Waals surface area (Å²) in [5, 5.41) is 1.02. The molecule has 3 aromatic rings. The Kier molecular flexibility index (Phi) is 3.40. The molecule has 2 N–H and O–H groups in total. The summed E-state index contributed by atoms with van der Waals surface area (Å²) >= 11 is 3.17. The Labute approximate surface area is 118 Å². The van der Waals surface area contributed by atoms with Crippen molar-refractivity contribution in [3.8, 4) is 0 Å². The van der Waals surface area contributed by atoms with Crippen molar-refractivity contribution in [3.63, 3.8) is 0 Å². The van der Waals surface area contributed by atoms with Gasteiger partial charge in [-0.25, -0.2) is 9.37 Å². The van der Waals surface area contributed by atoms with Crippen molar-refractivity contribution in [2.24, 2.45) is 0 Å². The highest BCUT2D eigenvalue weighted by atomic mass is 32.2. The number of thiazole rings is 1. The van der Waals surface area contributed by atoms with Crippen LogP contribution in [0.15, 0.2) is 47.4 Å². The van der Waals surface area contributed by atoms with Crippen LogP contribution >= 0.6 is 23.1 Å². The summed E-state index contributed by atoms with van der Waals surface area (Å²) in [6.45, 7) is 0. The van der Waals surface area contributed by atoms with Crippen LogP contribution in [0.1, 0.15) is 5.01 Å². The van der Waals surface area contributed by atoms with Crippen molar-refractivity contribution < 1.29 is 4.39 Å². The predicted molar refractivity (Wildman–Crippen MR) is 80.0 cm³/mol. The molecule has 96 valence electrons. The van der Waals surface area contributed by atoms with Gasteiger partial charge in [-0.3, -0.25) is 0 Å². The number of anilines is 1. The van der Waals surface area contributed by atoms with Crippen LogP contribution in [0.5, 0.6) is 0 Å². The molecule has 0 fully saturated rings. The Morgan fingerprint density at radius 2 is 2.05 bits per heavy atom. The molecule has 0 aliphatic rings. The molecule has 2 nitrogen and oxygen atoms in total. The molecule has 19 heavy (non-hydrogen) atoms. The first-order valence-corrected chi connectivity index (χ1v) is 7.55. The second-order valence-corrected chi connectivity index (χ2v) is 6.18. The van der Waals surface area contributed by atoms with Crippen LogP contribution in [0.2, 0.25) is 0 Å². The summed E-state index contributed by atoms with van der Waals surface area (Å²) in [7, 11) is 0. The Morgan fingerprint density at radius 3 is 2.89 bits per heavy atom. The summed E-state index contributed by atoms with van der Waals surface area (Å²) in [5.74, 6) is 0.438. The van der Waals surface area contributed by atoms with Gasteiger partial charge in [0.15, 0.2) is 0 Å². The minimum absolute atomic E-state index is 0.263. The molecule has 5 heteroatoms. The van der Waals surface area contributed by atoms with Crippen LogP contribution in [0.4, 0.5) is 10.1 Å². The molecular weight excluding hydrogens is 279 g/mol. The number of halogens is 1. The van der Waals surface area contributed by atoms with Gasteiger partial charge in [0.25, 0.3) is 0 Å². The van der Waals surface area contributed by atoms with E-state index < -0.39 is 0 Å². The minimum atomic E-state index is -0.263. The van der Waals surface area contributed by atoms with Gasteiger partial charge in [0, 0.05) is 10.6 Å². The van der Waals surface area contributed by atoms with E-state index in [0.29, 0.717) is 11.4 Å². The lowest BCUT2D eigenvalue weighted by Crippen LogP contribution is -1.90. The molecule has 3 rings (SSSR count). The highest BCUT2D eigenvalue weighted by Gasteiger charge is 2.06. The first kappa shape index (κ1) is 12.4. The molecule has 0 atom stereocenters. The van der Waals surface area contributed by atoms with E-state index in [9.17, 15) is 4.39 Å². The minimum Gasteiger partial charge on any atom is -0.398 e. The number of rotatable bonds is 3. The summed E-state index contributed by atoms with van der Waals surface area (Å²) in [6, 6.07) is 12.5. The number of nitrogens with two attached hydrogens (primary N) is 1. The van der Waals surface area contributed by atoms with Gasteiger partial charge in [0.2, 0.25) is 0 Å². The maximum absolute atomic E-state index is 13.2. The number of hydrogen-bond donors (Lipinski definition) is 1. The predicted octanol–water partition coefficient (Wildman–Crippen LogP) is 4.31. The maximum Gasteiger partial charge on any atom is 0.124 e. The van der Waals surface area contributed by atoms with Crippen molar-refractivity contribution in [1.29, 1.82) is 0 Å². The highest BCUT2D eigenvalue weighted by molar-refractivity contribution is 7.98. The molecule has 0 saturated heterocycles. The fraction of sp³-hybridized carbons (Fsp3) is 0.0714. The zero-order valence-electron chi connectivity index (χ0n) is 9.97. The monoisotopic (exact) mass is 290 g/mol. The molecular formula is C14H11FN2S2. The van der Waals surface area contributed by atoms with Crippen molar-refractivity contribution in [3.05, 3.63) is 53.3 Å². The first-order chi connectivity index (χ1) is 9.22. The summed E-state index contributed by atoms with van der Waals surface area (Å²) in [4.78, 5) is 5.31. The van der Waals surface area contributed by atoms with Gasteiger partial charge in [-0.1, -0.05) is 12.1 Å². The summed E-state index contributed by atoms with van der Waals surface area (Å²) in [6.07, 6.45) is 0. The number of thioether (sulfide) groups is 1. The van der Waals surface area contributed by atoms with Crippen LogP contribution in [-0.4, -0.2) is 4.98 Å². The number of hydrogen-bond acceptors (Lipinski definition) is 4. The van der Waals surface area contributed by atoms with Gasteiger partial charge in [0.1, 0.15) is 10.8 Å². The number of fused-ring (bicyclic) bond motifs is 1. The number of benzene rings is 2. The molecule has 0 amide bonds. The molecule has 0 bridgehead atoms. The smallest absolute Gasteiger partial charge is 0.124 e. The Morgan fingerprint density at radius 1 is 1.21 bits per heavy atom. The third-order valence-corrected chi connectivity index (χ3v) is 4.97. The highest BCUT2D eigenvalue weighted by Crippen LogP contribution is 2.31. The number of aromatic nitrogens is 1. The quantitative estimate of drug-likeness (QED) is 0.577. The van der Waals surface area contributed by atoms with Crippen molar-refractivity contribution in [2.45, 2.75) is 10.6 Å². The zero-order chi connectivity index (χ0) is 13.2. The second-order valence-electron chi connectivity index (χ2n) is 4.05. The average molecular weight is 290 g/mol. The fourth-order valence-corrected chi connectivity index (χ4v) is 3.70. The van der Waals surface area contributed by atoms with Crippen molar-refractivity contribution in [1.82, 2.24) is 4.98 Å². The third kappa shape index (κ3) is 2.72. The Bertz CT molecular complexity index is 691. The van der Waals surface area contributed by atoms with Gasteiger partial charge < -0.3 is 5.73 Å². The molecule has 0 radical (unpaired) electrons. The fourth-order valence-electron chi connectivity index (χ4n) is 1.75. The van der Waals surface area contributed by atoms with Gasteiger partial charge in [-0.05, 0) is 30.3 Å². The molecule has 0 spiro atoms. The van der Waals surface area contributed by atoms with Crippen LogP contribution in [0.3, 0.4) is 0 Å². The van der Waals surface area contributed by atoms with E-state index in [1.807, 2.05) is 18.2 Å². The standard InChI is InChI=1S/C14H11FN2S2/c15-9-5-6-10(16)13(7-9)18-8-14-17-11-3-1-2-4-12(11)19-14/h1-7H,8,16H2. The van der Waals surface area contributed by atoms with Gasteiger partial charge in [-0.15, -0.1) is 23.1 Å². The lowest BCUT2D eigenvalue weighted by molar-refractivity contribution is 0.624. The molecule has 1 aromatic heterocycles. The lowest BCUT2D eigenvalue weighted by atomic mass is 10.3. The molecule has 0 saturated carbocycles. The number of nitrogens with zero attached hydrogens (tertiary/aromatic N) is 1. The van der Waals surface area contributed by atoms with Gasteiger partial charge in [-0.2, -0.15) is 0 Å². The van der Waals surface area contributed by atoms with Crippen LogP contribution < -0.4 is 5.73 Å². The van der Waals surface area contributed by atoms with Crippen molar-refractivity contribution >= 4 is 39.0 Å². The Hall–Kier alpha value is -1.59. The van der Waals surface area contributed by atoms with Crippen LogP contribution in [0, 0.1) is 5.82 Å². The zero-order valence-corrected chi connectivity index (χ0v) is 11.6. The second kappa shape index (κ2) is 5.19. The first-order valence-electron chi connectivity index (χ1n) is 5.74. The molecule has 2 aromatic carbocycles. The van der Waals surface area contributed by atoms with Gasteiger partial charge >= 0.3 is 0 Å². The van der Waals surface area contributed by atoms with Crippen LogP contribution in [0.25, 0.3) is 10.2 Å². The van der Waals surface area contributed by atoms with E-state index >= 15 is 0 Å². The van der Waals surface area contributed by atoms with E-state index in [-0.39, 0.29) is 5.82 Å². The Balaban J connectivity index is 1.80. The molecule has 0 aliphatic heterocycles. The van der Waals surface area contributed by atoms with E-state index in [1.165, 1.54) is 28.6 Å². The molecule has 0 aliphatic carbocycles. The number of para-hydroxylation sites is 1. The number of nitrogen functional groups attached to an aromatic ring is 1. The van der Waals surface area contributed by atoms with Crippen molar-refractivity contribution in [2.75, 3.05) is 5.73 Å². The van der Waals surface area contributed by atoms with Gasteiger partial charge in [0.05, 0.1) is 16.0 Å². The van der Waals surface area contributed by atoms with E-state index in [0.717, 1.165) is 15.4 Å². The summed E-state index contributed by atoms with van der Waals surface area (Å²) < 4.78 is 14.3. The third-order valence-electron chi connectivity index (χ3n) is 2.66. The normalized spacial score (nSPS) is 11.0. The van der Waals surface area contributed by atoms with E-state index in [4.69, 9.17) is 5.73 Å². The van der Waals surface area contributed by atoms with E-state index in [1.54, 1.807) is 17.4 Å². The van der Waals surface area contributed by atoms with E-state index in [2.05, 4.69) is 11.1 Å². The largest absolute Gasteiger partial charge is 0.398 e. The van der Waals surface area contributed by atoms with Crippen LogP contribution in [-0.2, 0) is 5.75 Å². The summed E-state index contributed by atoms with van der Waals surface area (Å²) in [5.41, 5.74) is 7.44. The average Bonchev–Trinajstić information content (AvgIpc) is 2.82. The topological polar surface area (TPSA) is 38.9 Å². The lowest BCUT2D eigenvalue weighted by Gasteiger charge is -2.03. The molecule has 0 unspecified atom stereocenters.